The third-order valence-electron chi connectivity index (χ3n) is 9.06. The molecular formula is C44H29NO. The van der Waals surface area contributed by atoms with Crippen molar-refractivity contribution in [3.05, 3.63) is 176 Å². The summed E-state index contributed by atoms with van der Waals surface area (Å²) >= 11 is 0. The number of para-hydroxylation sites is 2. The molecule has 0 saturated carbocycles. The van der Waals surface area contributed by atoms with Gasteiger partial charge in [0.25, 0.3) is 0 Å². The quantitative estimate of drug-likeness (QED) is 0.199. The number of hydrogen-bond acceptors (Lipinski definition) is 2. The molecule has 0 spiro atoms. The molecule has 0 aliphatic heterocycles. The molecule has 2 nitrogen and oxygen atoms in total. The second-order valence-corrected chi connectivity index (χ2v) is 11.7. The highest BCUT2D eigenvalue weighted by Crippen LogP contribution is 2.48. The van der Waals surface area contributed by atoms with Gasteiger partial charge in [0, 0.05) is 22.0 Å². The van der Waals surface area contributed by atoms with Crippen LogP contribution in [-0.2, 0) is 0 Å². The molecule has 0 bridgehead atoms. The first kappa shape index (κ1) is 26.3. The minimum Gasteiger partial charge on any atom is -0.454 e. The van der Waals surface area contributed by atoms with Crippen molar-refractivity contribution < 1.29 is 4.42 Å². The average Bonchev–Trinajstić information content (AvgIpc) is 3.52. The Morgan fingerprint density at radius 3 is 1.80 bits per heavy atom. The fraction of sp³-hybridized carbons (Fsp3) is 0. The Labute approximate surface area is 267 Å². The molecule has 8 aromatic carbocycles. The summed E-state index contributed by atoms with van der Waals surface area (Å²) in [5, 5.41) is 7.08. The lowest BCUT2D eigenvalue weighted by atomic mass is 9.91. The lowest BCUT2D eigenvalue weighted by Crippen LogP contribution is -2.12. The number of furan rings is 1. The van der Waals surface area contributed by atoms with Gasteiger partial charge in [-0.15, -0.1) is 0 Å². The zero-order valence-corrected chi connectivity index (χ0v) is 25.1. The summed E-state index contributed by atoms with van der Waals surface area (Å²) in [6.45, 7) is 0. The maximum atomic E-state index is 6.66. The van der Waals surface area contributed by atoms with E-state index in [9.17, 15) is 0 Å². The monoisotopic (exact) mass is 587 g/mol. The predicted octanol–water partition coefficient (Wildman–Crippen LogP) is 12.7. The number of nitrogens with zero attached hydrogens (tertiary/aromatic N) is 1. The maximum Gasteiger partial charge on any atom is 0.159 e. The molecule has 0 N–H and O–H groups in total. The van der Waals surface area contributed by atoms with Crippen molar-refractivity contribution in [3.8, 4) is 22.3 Å². The van der Waals surface area contributed by atoms with E-state index < -0.39 is 0 Å². The van der Waals surface area contributed by atoms with Gasteiger partial charge >= 0.3 is 0 Å². The molecule has 1 aromatic heterocycles. The van der Waals surface area contributed by atoms with Crippen LogP contribution in [0.15, 0.2) is 180 Å². The van der Waals surface area contributed by atoms with Gasteiger partial charge in [0.15, 0.2) is 5.58 Å². The Hall–Kier alpha value is -6.12. The first-order valence-corrected chi connectivity index (χ1v) is 15.7. The first-order chi connectivity index (χ1) is 22.8. The Balaban J connectivity index is 1.37. The molecule has 0 saturated heterocycles. The van der Waals surface area contributed by atoms with E-state index in [0.29, 0.717) is 0 Å². The van der Waals surface area contributed by atoms with Crippen molar-refractivity contribution >= 4 is 60.5 Å². The Kier molecular flexibility index (Phi) is 6.17. The number of rotatable bonds is 5. The normalized spacial score (nSPS) is 11.5. The van der Waals surface area contributed by atoms with E-state index in [1.165, 1.54) is 43.8 Å². The molecule has 0 aliphatic carbocycles. The van der Waals surface area contributed by atoms with Gasteiger partial charge in [-0.3, -0.25) is 0 Å². The fourth-order valence-electron chi connectivity index (χ4n) is 6.92. The van der Waals surface area contributed by atoms with E-state index >= 15 is 0 Å². The smallest absolute Gasteiger partial charge is 0.159 e. The van der Waals surface area contributed by atoms with Crippen molar-refractivity contribution in [3.63, 3.8) is 0 Å². The first-order valence-electron chi connectivity index (χ1n) is 15.7. The van der Waals surface area contributed by atoms with Gasteiger partial charge in [-0.1, -0.05) is 146 Å². The van der Waals surface area contributed by atoms with Crippen molar-refractivity contribution in [2.45, 2.75) is 0 Å². The molecule has 46 heavy (non-hydrogen) atoms. The number of anilines is 3. The largest absolute Gasteiger partial charge is 0.454 e. The molecule has 0 radical (unpaired) electrons. The molecular weight excluding hydrogens is 558 g/mol. The van der Waals surface area contributed by atoms with Crippen molar-refractivity contribution in [2.24, 2.45) is 0 Å². The summed E-state index contributed by atoms with van der Waals surface area (Å²) in [4.78, 5) is 2.38. The molecule has 9 aromatic rings. The zero-order valence-electron chi connectivity index (χ0n) is 25.1. The van der Waals surface area contributed by atoms with Gasteiger partial charge in [0.05, 0.1) is 11.4 Å². The SMILES string of the molecule is c1ccc(-c2ccc(N(c3ccc4ccccc4c3-c3cccc4ccccc34)c3cccc4c3oc3ccccc34)cc2)cc1. The average molecular weight is 588 g/mol. The molecule has 9 rings (SSSR count). The standard InChI is InChI=1S/C44H29NO/c1-2-12-30(13-3-1)31-24-27-34(28-25-31)45(41-22-11-21-39-37-19-8-9-23-42(37)46-44(39)41)40-29-26-33-15-5-7-18-36(33)43(40)38-20-10-16-32-14-4-6-17-35(32)38/h1-29H. The number of hydrogen-bond donors (Lipinski definition) is 0. The van der Waals surface area contributed by atoms with Gasteiger partial charge < -0.3 is 9.32 Å². The Bertz CT molecular complexity index is 2520. The number of fused-ring (bicyclic) bond motifs is 5. The molecule has 0 unspecified atom stereocenters. The molecule has 0 amide bonds. The molecule has 0 atom stereocenters. The van der Waals surface area contributed by atoms with Crippen molar-refractivity contribution in [1.82, 2.24) is 0 Å². The fourth-order valence-corrected chi connectivity index (χ4v) is 6.92. The highest BCUT2D eigenvalue weighted by molar-refractivity contribution is 6.14. The third kappa shape index (κ3) is 4.27. The summed E-state index contributed by atoms with van der Waals surface area (Å²) in [5.41, 5.74) is 9.67. The summed E-state index contributed by atoms with van der Waals surface area (Å²) in [5.74, 6) is 0. The lowest BCUT2D eigenvalue weighted by molar-refractivity contribution is 0.669. The van der Waals surface area contributed by atoms with Crippen LogP contribution in [0.4, 0.5) is 17.1 Å². The summed E-state index contributed by atoms with van der Waals surface area (Å²) in [6, 6.07) is 62.7. The van der Waals surface area contributed by atoms with Gasteiger partial charge in [-0.25, -0.2) is 0 Å². The number of benzene rings is 8. The summed E-state index contributed by atoms with van der Waals surface area (Å²) in [6.07, 6.45) is 0. The molecule has 2 heteroatoms. The summed E-state index contributed by atoms with van der Waals surface area (Å²) < 4.78 is 6.66. The van der Waals surface area contributed by atoms with Crippen LogP contribution in [0.2, 0.25) is 0 Å². The van der Waals surface area contributed by atoms with E-state index in [1.54, 1.807) is 0 Å². The van der Waals surface area contributed by atoms with E-state index in [1.807, 2.05) is 6.07 Å². The second-order valence-electron chi connectivity index (χ2n) is 11.7. The van der Waals surface area contributed by atoms with Crippen LogP contribution in [0.3, 0.4) is 0 Å². The van der Waals surface area contributed by atoms with E-state index in [4.69, 9.17) is 4.42 Å². The summed E-state index contributed by atoms with van der Waals surface area (Å²) in [7, 11) is 0. The maximum absolute atomic E-state index is 6.66. The minimum absolute atomic E-state index is 0.868. The van der Waals surface area contributed by atoms with Crippen LogP contribution >= 0.6 is 0 Å². The van der Waals surface area contributed by atoms with Crippen LogP contribution < -0.4 is 4.90 Å². The second kappa shape index (κ2) is 10.8. The van der Waals surface area contributed by atoms with Crippen LogP contribution in [0.5, 0.6) is 0 Å². The van der Waals surface area contributed by atoms with Crippen molar-refractivity contribution in [2.75, 3.05) is 4.90 Å². The van der Waals surface area contributed by atoms with Crippen LogP contribution in [0.25, 0.3) is 65.7 Å². The topological polar surface area (TPSA) is 16.4 Å². The van der Waals surface area contributed by atoms with Crippen molar-refractivity contribution in [1.29, 1.82) is 0 Å². The minimum atomic E-state index is 0.868. The van der Waals surface area contributed by atoms with E-state index in [0.717, 1.165) is 39.0 Å². The van der Waals surface area contributed by atoms with Crippen LogP contribution in [0.1, 0.15) is 0 Å². The van der Waals surface area contributed by atoms with E-state index in [2.05, 4.69) is 175 Å². The highest BCUT2D eigenvalue weighted by Gasteiger charge is 2.24. The van der Waals surface area contributed by atoms with E-state index in [-0.39, 0.29) is 0 Å². The zero-order chi connectivity index (χ0) is 30.5. The van der Waals surface area contributed by atoms with Gasteiger partial charge in [-0.2, -0.15) is 0 Å². The lowest BCUT2D eigenvalue weighted by Gasteiger charge is -2.29. The molecule has 0 aliphatic rings. The molecule has 0 fully saturated rings. The Morgan fingerprint density at radius 2 is 0.978 bits per heavy atom. The van der Waals surface area contributed by atoms with Crippen LogP contribution in [-0.4, -0.2) is 0 Å². The predicted molar refractivity (Wildman–Crippen MR) is 194 cm³/mol. The van der Waals surface area contributed by atoms with Gasteiger partial charge in [0.1, 0.15) is 5.58 Å². The van der Waals surface area contributed by atoms with Gasteiger partial charge in [-0.05, 0) is 68.6 Å². The molecule has 216 valence electrons. The Morgan fingerprint density at radius 1 is 0.370 bits per heavy atom. The highest BCUT2D eigenvalue weighted by atomic mass is 16.3. The molecule has 1 heterocycles. The van der Waals surface area contributed by atoms with Gasteiger partial charge in [0.2, 0.25) is 0 Å². The van der Waals surface area contributed by atoms with Crippen LogP contribution in [0, 0.1) is 0 Å². The third-order valence-corrected chi connectivity index (χ3v) is 9.06.